The number of hydrogen-bond acceptors (Lipinski definition) is 3. The van der Waals surface area contributed by atoms with E-state index in [2.05, 4.69) is 25.9 Å². The van der Waals surface area contributed by atoms with E-state index in [-0.39, 0.29) is 12.1 Å². The monoisotopic (exact) mass is 273 g/mol. The molecule has 3 heterocycles. The molecule has 1 aliphatic heterocycles. The summed E-state index contributed by atoms with van der Waals surface area (Å²) in [5, 5.41) is 10.2. The maximum Gasteiger partial charge on any atom is 0.315 e. The maximum absolute atomic E-state index is 11.9. The molecule has 6 heteroatoms. The standard InChI is InChI=1S/C14H19N5O/c20-14(19-11-2-1-5-15-9-11)18-8-10-3-6-16-13-12(10)4-7-17-13/h3-4,6-7,11,15H,1-2,5,8-9H2,(H,16,17)(H2,18,19,20). The van der Waals surface area contributed by atoms with Crippen molar-refractivity contribution in [2.45, 2.75) is 25.4 Å². The fraction of sp³-hybridized carbons (Fsp3) is 0.429. The Labute approximate surface area is 117 Å². The molecule has 6 nitrogen and oxygen atoms in total. The number of rotatable bonds is 3. The Morgan fingerprint density at radius 2 is 2.40 bits per heavy atom. The van der Waals surface area contributed by atoms with Gasteiger partial charge in [0.1, 0.15) is 5.65 Å². The fourth-order valence-electron chi connectivity index (χ4n) is 2.56. The lowest BCUT2D eigenvalue weighted by Crippen LogP contribution is -2.48. The highest BCUT2D eigenvalue weighted by atomic mass is 16.2. The minimum Gasteiger partial charge on any atom is -0.346 e. The first-order valence-electron chi connectivity index (χ1n) is 6.99. The molecule has 0 aliphatic carbocycles. The zero-order valence-corrected chi connectivity index (χ0v) is 11.3. The van der Waals surface area contributed by atoms with Crippen LogP contribution in [-0.4, -0.2) is 35.1 Å². The first-order chi connectivity index (χ1) is 9.83. The number of nitrogens with one attached hydrogen (secondary N) is 4. The summed E-state index contributed by atoms with van der Waals surface area (Å²) in [6.07, 6.45) is 5.75. The number of nitrogens with zero attached hydrogens (tertiary/aromatic N) is 1. The number of piperidine rings is 1. The van der Waals surface area contributed by atoms with Crippen molar-refractivity contribution in [3.05, 3.63) is 30.1 Å². The third-order valence-electron chi connectivity index (χ3n) is 3.62. The molecule has 2 aromatic heterocycles. The zero-order valence-electron chi connectivity index (χ0n) is 11.3. The summed E-state index contributed by atoms with van der Waals surface area (Å²) >= 11 is 0. The molecule has 1 aliphatic rings. The van der Waals surface area contributed by atoms with Crippen molar-refractivity contribution >= 4 is 17.1 Å². The normalized spacial score (nSPS) is 18.9. The number of fused-ring (bicyclic) bond motifs is 1. The number of urea groups is 1. The molecule has 1 atom stereocenters. The largest absolute Gasteiger partial charge is 0.346 e. The predicted molar refractivity (Wildman–Crippen MR) is 77.4 cm³/mol. The maximum atomic E-state index is 11.9. The van der Waals surface area contributed by atoms with Crippen LogP contribution in [0.5, 0.6) is 0 Å². The molecule has 1 saturated heterocycles. The van der Waals surface area contributed by atoms with E-state index in [4.69, 9.17) is 0 Å². The first-order valence-corrected chi connectivity index (χ1v) is 6.99. The summed E-state index contributed by atoms with van der Waals surface area (Å²) in [5.41, 5.74) is 1.91. The molecule has 0 radical (unpaired) electrons. The number of amides is 2. The molecule has 4 N–H and O–H groups in total. The zero-order chi connectivity index (χ0) is 13.8. The van der Waals surface area contributed by atoms with Crippen molar-refractivity contribution in [2.24, 2.45) is 0 Å². The van der Waals surface area contributed by atoms with E-state index < -0.39 is 0 Å². The third kappa shape index (κ3) is 2.91. The molecule has 0 aromatic carbocycles. The lowest BCUT2D eigenvalue weighted by molar-refractivity contribution is 0.233. The summed E-state index contributed by atoms with van der Waals surface area (Å²) in [4.78, 5) is 19.2. The Morgan fingerprint density at radius 1 is 1.45 bits per heavy atom. The number of pyridine rings is 1. The van der Waals surface area contributed by atoms with Crippen LogP contribution in [0.1, 0.15) is 18.4 Å². The lowest BCUT2D eigenvalue weighted by Gasteiger charge is -2.23. The van der Waals surface area contributed by atoms with Gasteiger partial charge in [-0.3, -0.25) is 0 Å². The predicted octanol–water partition coefficient (Wildman–Crippen LogP) is 1.11. The van der Waals surface area contributed by atoms with Crippen LogP contribution < -0.4 is 16.0 Å². The van der Waals surface area contributed by atoms with Crippen molar-refractivity contribution in [1.29, 1.82) is 0 Å². The highest BCUT2D eigenvalue weighted by molar-refractivity contribution is 5.80. The molecule has 20 heavy (non-hydrogen) atoms. The first kappa shape index (κ1) is 12.9. The Hall–Kier alpha value is -2.08. The van der Waals surface area contributed by atoms with E-state index in [1.165, 1.54) is 0 Å². The van der Waals surface area contributed by atoms with Gasteiger partial charge in [-0.25, -0.2) is 9.78 Å². The summed E-state index contributed by atoms with van der Waals surface area (Å²) in [6.45, 7) is 2.40. The van der Waals surface area contributed by atoms with Crippen molar-refractivity contribution in [3.63, 3.8) is 0 Å². The average molecular weight is 273 g/mol. The second-order valence-electron chi connectivity index (χ2n) is 5.08. The average Bonchev–Trinajstić information content (AvgIpc) is 2.95. The van der Waals surface area contributed by atoms with Gasteiger partial charge in [0.2, 0.25) is 0 Å². The van der Waals surface area contributed by atoms with Crippen LogP contribution in [0.3, 0.4) is 0 Å². The highest BCUT2D eigenvalue weighted by Gasteiger charge is 2.15. The van der Waals surface area contributed by atoms with Crippen molar-refractivity contribution < 1.29 is 4.79 Å². The number of hydrogen-bond donors (Lipinski definition) is 4. The van der Waals surface area contributed by atoms with Gasteiger partial charge >= 0.3 is 6.03 Å². The molecule has 2 aromatic rings. The molecule has 2 amide bonds. The molecular formula is C14H19N5O. The Kier molecular flexibility index (Phi) is 3.83. The smallest absolute Gasteiger partial charge is 0.315 e. The van der Waals surface area contributed by atoms with E-state index in [1.807, 2.05) is 18.3 Å². The number of carbonyl (C=O) groups is 1. The van der Waals surface area contributed by atoms with Gasteiger partial charge < -0.3 is 20.9 Å². The fourth-order valence-corrected chi connectivity index (χ4v) is 2.56. The molecule has 0 bridgehead atoms. The lowest BCUT2D eigenvalue weighted by atomic mass is 10.1. The molecule has 1 unspecified atom stereocenters. The Balaban J connectivity index is 1.56. The van der Waals surface area contributed by atoms with E-state index in [0.29, 0.717) is 6.54 Å². The summed E-state index contributed by atoms with van der Waals surface area (Å²) in [6, 6.07) is 4.02. The topological polar surface area (TPSA) is 81.8 Å². The summed E-state index contributed by atoms with van der Waals surface area (Å²) in [7, 11) is 0. The quantitative estimate of drug-likeness (QED) is 0.676. The third-order valence-corrected chi connectivity index (χ3v) is 3.62. The van der Waals surface area contributed by atoms with E-state index in [0.717, 1.165) is 42.5 Å². The molecule has 106 valence electrons. The minimum absolute atomic E-state index is 0.112. The van der Waals surface area contributed by atoms with Gasteiger partial charge in [-0.2, -0.15) is 0 Å². The van der Waals surface area contributed by atoms with Crippen molar-refractivity contribution in [1.82, 2.24) is 25.9 Å². The molecule has 3 rings (SSSR count). The van der Waals surface area contributed by atoms with Crippen LogP contribution in [0, 0.1) is 0 Å². The highest BCUT2D eigenvalue weighted by Crippen LogP contribution is 2.14. The van der Waals surface area contributed by atoms with Crippen LogP contribution in [0.4, 0.5) is 4.79 Å². The van der Waals surface area contributed by atoms with Crippen LogP contribution >= 0.6 is 0 Å². The van der Waals surface area contributed by atoms with E-state index >= 15 is 0 Å². The summed E-state index contributed by atoms with van der Waals surface area (Å²) < 4.78 is 0. The second-order valence-corrected chi connectivity index (χ2v) is 5.08. The minimum atomic E-state index is -0.112. The van der Waals surface area contributed by atoms with Crippen molar-refractivity contribution in [3.8, 4) is 0 Å². The van der Waals surface area contributed by atoms with Crippen LogP contribution in [-0.2, 0) is 6.54 Å². The van der Waals surface area contributed by atoms with E-state index in [1.54, 1.807) is 6.20 Å². The number of H-pyrrole nitrogens is 1. The molecule has 0 spiro atoms. The van der Waals surface area contributed by atoms with Gasteiger partial charge in [-0.1, -0.05) is 0 Å². The van der Waals surface area contributed by atoms with Gasteiger partial charge in [-0.15, -0.1) is 0 Å². The summed E-state index contributed by atoms with van der Waals surface area (Å²) in [5.74, 6) is 0. The number of aromatic amines is 1. The Bertz CT molecular complexity index is 588. The van der Waals surface area contributed by atoms with Gasteiger partial charge in [0.25, 0.3) is 0 Å². The van der Waals surface area contributed by atoms with Crippen LogP contribution in [0.15, 0.2) is 24.5 Å². The van der Waals surface area contributed by atoms with Gasteiger partial charge in [0.05, 0.1) is 0 Å². The molecule has 1 fully saturated rings. The van der Waals surface area contributed by atoms with Gasteiger partial charge in [-0.05, 0) is 37.1 Å². The van der Waals surface area contributed by atoms with Gasteiger partial charge in [0.15, 0.2) is 0 Å². The SMILES string of the molecule is O=C(NCc1ccnc2[nH]ccc12)NC1CCCNC1. The van der Waals surface area contributed by atoms with Crippen molar-refractivity contribution in [2.75, 3.05) is 13.1 Å². The second kappa shape index (κ2) is 5.92. The van der Waals surface area contributed by atoms with E-state index in [9.17, 15) is 4.79 Å². The van der Waals surface area contributed by atoms with Crippen LogP contribution in [0.25, 0.3) is 11.0 Å². The molecule has 0 saturated carbocycles. The van der Waals surface area contributed by atoms with Gasteiger partial charge in [0, 0.05) is 36.9 Å². The molecular weight excluding hydrogens is 254 g/mol. The van der Waals surface area contributed by atoms with Crippen LogP contribution in [0.2, 0.25) is 0 Å². The Morgan fingerprint density at radius 3 is 3.25 bits per heavy atom. The number of aromatic nitrogens is 2. The number of carbonyl (C=O) groups excluding carboxylic acids is 1.